The van der Waals surface area contributed by atoms with Crippen LogP contribution in [0.15, 0.2) is 48.6 Å². The highest BCUT2D eigenvalue weighted by Gasteiger charge is 2.19. The van der Waals surface area contributed by atoms with Gasteiger partial charge in [0.25, 0.3) is 0 Å². The Hall–Kier alpha value is -2.63. The van der Waals surface area contributed by atoms with Gasteiger partial charge in [0, 0.05) is 19.3 Å². The molecule has 1 unspecified atom stereocenters. The molecular weight excluding hydrogens is 793 g/mol. The van der Waals surface area contributed by atoms with Crippen LogP contribution in [-0.4, -0.2) is 37.2 Å². The van der Waals surface area contributed by atoms with Crippen molar-refractivity contribution in [2.24, 2.45) is 0 Å². The second kappa shape index (κ2) is 53.0. The molecule has 0 N–H and O–H groups in total. The number of allylic oxidation sites excluding steroid dienone is 8. The maximum absolute atomic E-state index is 12.8. The molecule has 0 saturated carbocycles. The number of rotatable bonds is 50. The van der Waals surface area contributed by atoms with Crippen LogP contribution in [0.25, 0.3) is 0 Å². The van der Waals surface area contributed by atoms with E-state index in [-0.39, 0.29) is 31.1 Å². The quantitative estimate of drug-likeness (QED) is 0.0262. The molecule has 372 valence electrons. The number of unbranched alkanes of at least 4 members (excludes halogenated alkanes) is 31. The molecule has 0 aromatic heterocycles. The van der Waals surface area contributed by atoms with Gasteiger partial charge >= 0.3 is 17.9 Å². The fraction of sp³-hybridized carbons (Fsp3) is 0.810. The van der Waals surface area contributed by atoms with Gasteiger partial charge < -0.3 is 14.2 Å². The van der Waals surface area contributed by atoms with Crippen molar-refractivity contribution < 1.29 is 28.6 Å². The molecule has 0 aliphatic rings. The van der Waals surface area contributed by atoms with Crippen LogP contribution in [0.1, 0.15) is 284 Å². The summed E-state index contributed by atoms with van der Waals surface area (Å²) in [6.45, 7) is 6.52. The SMILES string of the molecule is CC/C=C\C/C=C\C/C=C\C/C=C\CCCCCCCCCCCCCCC(=O)OCC(COC(=O)CCCCCCCCCC)OC(=O)CCCCCCCCCCCCCCC. The second-order valence-electron chi connectivity index (χ2n) is 18.5. The number of ether oxygens (including phenoxy) is 3. The van der Waals surface area contributed by atoms with E-state index in [0.29, 0.717) is 19.3 Å². The molecule has 0 fully saturated rings. The highest BCUT2D eigenvalue weighted by atomic mass is 16.6. The van der Waals surface area contributed by atoms with Gasteiger partial charge in [-0.15, -0.1) is 0 Å². The zero-order valence-corrected chi connectivity index (χ0v) is 42.6. The minimum Gasteiger partial charge on any atom is -0.462 e. The number of hydrogen-bond acceptors (Lipinski definition) is 6. The average Bonchev–Trinajstić information content (AvgIpc) is 3.29. The minimum atomic E-state index is -0.767. The Kier molecular flexibility index (Phi) is 50.8. The number of esters is 3. The van der Waals surface area contributed by atoms with E-state index >= 15 is 0 Å². The van der Waals surface area contributed by atoms with Crippen molar-refractivity contribution in [1.82, 2.24) is 0 Å². The van der Waals surface area contributed by atoms with Crippen LogP contribution in [0, 0.1) is 0 Å². The topological polar surface area (TPSA) is 78.9 Å². The lowest BCUT2D eigenvalue weighted by Crippen LogP contribution is -2.30. The lowest BCUT2D eigenvalue weighted by molar-refractivity contribution is -0.167. The standard InChI is InChI=1S/C58H104O6/c1-4-7-10-13-16-19-21-23-24-25-26-27-28-29-30-31-32-33-34-36-37-39-42-45-48-51-57(60)63-54-55(53-62-56(59)50-47-44-41-18-15-12-9-6-3)64-58(61)52-49-46-43-40-38-35-22-20-17-14-11-8-5-2/h7,10,16,19,23-24,26-27,55H,4-6,8-9,11-15,17-18,20-22,25,28-54H2,1-3H3/b10-7-,19-16-,24-23-,27-26-. The van der Waals surface area contributed by atoms with Crippen molar-refractivity contribution >= 4 is 17.9 Å². The van der Waals surface area contributed by atoms with Crippen molar-refractivity contribution in [2.45, 2.75) is 290 Å². The molecule has 0 heterocycles. The molecule has 0 radical (unpaired) electrons. The highest BCUT2D eigenvalue weighted by Crippen LogP contribution is 2.16. The monoisotopic (exact) mass is 897 g/mol. The molecular formula is C58H104O6. The van der Waals surface area contributed by atoms with E-state index in [9.17, 15) is 14.4 Å². The van der Waals surface area contributed by atoms with Gasteiger partial charge in [0.2, 0.25) is 0 Å². The van der Waals surface area contributed by atoms with Crippen LogP contribution < -0.4 is 0 Å². The van der Waals surface area contributed by atoms with Gasteiger partial charge in [0.1, 0.15) is 13.2 Å². The van der Waals surface area contributed by atoms with E-state index in [4.69, 9.17) is 14.2 Å². The van der Waals surface area contributed by atoms with Gasteiger partial charge in [0.15, 0.2) is 6.10 Å². The largest absolute Gasteiger partial charge is 0.462 e. The van der Waals surface area contributed by atoms with Gasteiger partial charge in [-0.2, -0.15) is 0 Å². The molecule has 0 rings (SSSR count). The van der Waals surface area contributed by atoms with Crippen LogP contribution in [0.4, 0.5) is 0 Å². The van der Waals surface area contributed by atoms with E-state index in [1.54, 1.807) is 0 Å². The summed E-state index contributed by atoms with van der Waals surface area (Å²) in [7, 11) is 0. The van der Waals surface area contributed by atoms with Gasteiger partial charge in [-0.25, -0.2) is 0 Å². The predicted octanol–water partition coefficient (Wildman–Crippen LogP) is 18.3. The summed E-state index contributed by atoms with van der Waals surface area (Å²) >= 11 is 0. The smallest absolute Gasteiger partial charge is 0.306 e. The zero-order valence-electron chi connectivity index (χ0n) is 42.6. The number of carbonyl (C=O) groups is 3. The Morgan fingerprint density at radius 2 is 0.609 bits per heavy atom. The van der Waals surface area contributed by atoms with E-state index in [1.807, 2.05) is 0 Å². The Labute approximate surface area is 397 Å². The summed E-state index contributed by atoms with van der Waals surface area (Å²) in [5, 5.41) is 0. The van der Waals surface area contributed by atoms with E-state index in [1.165, 1.54) is 161 Å². The van der Waals surface area contributed by atoms with Gasteiger partial charge in [-0.3, -0.25) is 14.4 Å². The third kappa shape index (κ3) is 50.4. The molecule has 0 bridgehead atoms. The maximum atomic E-state index is 12.8. The number of hydrogen-bond donors (Lipinski definition) is 0. The Morgan fingerprint density at radius 1 is 0.328 bits per heavy atom. The predicted molar refractivity (Wildman–Crippen MR) is 275 cm³/mol. The minimum absolute atomic E-state index is 0.0693. The summed E-state index contributed by atoms with van der Waals surface area (Å²) in [5.74, 6) is -0.864. The van der Waals surface area contributed by atoms with Crippen molar-refractivity contribution in [3.8, 4) is 0 Å². The Morgan fingerprint density at radius 3 is 0.953 bits per heavy atom. The molecule has 0 aliphatic heterocycles. The molecule has 0 aromatic rings. The van der Waals surface area contributed by atoms with Crippen LogP contribution in [-0.2, 0) is 28.6 Å². The van der Waals surface area contributed by atoms with Crippen molar-refractivity contribution in [3.05, 3.63) is 48.6 Å². The molecule has 0 amide bonds. The zero-order chi connectivity index (χ0) is 46.5. The van der Waals surface area contributed by atoms with Crippen molar-refractivity contribution in [3.63, 3.8) is 0 Å². The molecule has 0 spiro atoms. The average molecular weight is 897 g/mol. The lowest BCUT2D eigenvalue weighted by Gasteiger charge is -2.18. The third-order valence-electron chi connectivity index (χ3n) is 12.1. The van der Waals surface area contributed by atoms with Crippen LogP contribution in [0.2, 0.25) is 0 Å². The summed E-state index contributed by atoms with van der Waals surface area (Å²) in [4.78, 5) is 37.9. The molecule has 0 aromatic carbocycles. The molecule has 0 saturated heterocycles. The van der Waals surface area contributed by atoms with Gasteiger partial charge in [0.05, 0.1) is 0 Å². The Bertz CT molecular complexity index is 1120. The first-order chi connectivity index (χ1) is 31.5. The van der Waals surface area contributed by atoms with Crippen LogP contribution >= 0.6 is 0 Å². The third-order valence-corrected chi connectivity index (χ3v) is 12.1. The van der Waals surface area contributed by atoms with Gasteiger partial charge in [-0.1, -0.05) is 256 Å². The maximum Gasteiger partial charge on any atom is 0.306 e. The first kappa shape index (κ1) is 61.4. The molecule has 6 nitrogen and oxygen atoms in total. The second-order valence-corrected chi connectivity index (χ2v) is 18.5. The summed E-state index contributed by atoms with van der Waals surface area (Å²) in [6, 6.07) is 0. The first-order valence-electron chi connectivity index (χ1n) is 27.6. The van der Waals surface area contributed by atoms with E-state index in [0.717, 1.165) is 83.5 Å². The summed E-state index contributed by atoms with van der Waals surface area (Å²) in [5.41, 5.74) is 0. The summed E-state index contributed by atoms with van der Waals surface area (Å²) < 4.78 is 16.8. The van der Waals surface area contributed by atoms with Crippen molar-refractivity contribution in [2.75, 3.05) is 13.2 Å². The van der Waals surface area contributed by atoms with E-state index < -0.39 is 6.10 Å². The number of carbonyl (C=O) groups excluding carboxylic acids is 3. The normalized spacial score (nSPS) is 12.4. The van der Waals surface area contributed by atoms with Gasteiger partial charge in [-0.05, 0) is 57.8 Å². The molecule has 6 heteroatoms. The first-order valence-corrected chi connectivity index (χ1v) is 27.6. The molecule has 64 heavy (non-hydrogen) atoms. The van der Waals surface area contributed by atoms with E-state index in [2.05, 4.69) is 69.4 Å². The fourth-order valence-electron chi connectivity index (χ4n) is 7.96. The molecule has 0 aliphatic carbocycles. The Balaban J connectivity index is 4.14. The molecule has 1 atom stereocenters. The summed E-state index contributed by atoms with van der Waals surface area (Å²) in [6.07, 6.45) is 64.0. The van der Waals surface area contributed by atoms with Crippen molar-refractivity contribution in [1.29, 1.82) is 0 Å². The van der Waals surface area contributed by atoms with Crippen LogP contribution in [0.3, 0.4) is 0 Å². The highest BCUT2D eigenvalue weighted by molar-refractivity contribution is 5.71. The van der Waals surface area contributed by atoms with Crippen LogP contribution in [0.5, 0.6) is 0 Å². The fourth-order valence-corrected chi connectivity index (χ4v) is 7.96. The lowest BCUT2D eigenvalue weighted by atomic mass is 10.0.